The minimum Gasteiger partial charge on any atom is -0.331 e. The van der Waals surface area contributed by atoms with Crippen LogP contribution in [0.25, 0.3) is 10.2 Å². The van der Waals surface area contributed by atoms with Gasteiger partial charge < -0.3 is 5.32 Å². The van der Waals surface area contributed by atoms with Crippen molar-refractivity contribution < 1.29 is 0 Å². The predicted octanol–water partition coefficient (Wildman–Crippen LogP) is 3.43. The minimum atomic E-state index is -0.0683. The molecule has 3 aromatic rings. The molecule has 0 aliphatic carbocycles. The molecule has 3 N–H and O–H groups in total. The van der Waals surface area contributed by atoms with Gasteiger partial charge in [-0.25, -0.2) is 4.98 Å². The third-order valence-corrected chi connectivity index (χ3v) is 4.88. The summed E-state index contributed by atoms with van der Waals surface area (Å²) in [7, 11) is 1.69. The van der Waals surface area contributed by atoms with Gasteiger partial charge in [-0.3, -0.25) is 20.2 Å². The van der Waals surface area contributed by atoms with E-state index in [4.69, 9.17) is 12.2 Å². The maximum Gasteiger partial charge on any atom is 0.263 e. The highest BCUT2D eigenvalue weighted by molar-refractivity contribution is 7.80. The molecule has 0 unspecified atom stereocenters. The fourth-order valence-corrected chi connectivity index (χ4v) is 3.69. The van der Waals surface area contributed by atoms with Crippen molar-refractivity contribution in [2.45, 2.75) is 19.8 Å². The van der Waals surface area contributed by atoms with Gasteiger partial charge in [0.05, 0.1) is 5.39 Å². The zero-order valence-corrected chi connectivity index (χ0v) is 15.8. The summed E-state index contributed by atoms with van der Waals surface area (Å²) in [5, 5.41) is 6.13. The lowest BCUT2D eigenvalue weighted by molar-refractivity contribution is 0.826. The van der Waals surface area contributed by atoms with Gasteiger partial charge in [0, 0.05) is 12.7 Å². The molecule has 0 aliphatic rings. The molecule has 8 heteroatoms. The number of hydrogen-bond acceptors (Lipinski definition) is 5. The second-order valence-corrected chi connectivity index (χ2v) is 7.16. The summed E-state index contributed by atoms with van der Waals surface area (Å²) in [5.74, 6) is 0.690. The summed E-state index contributed by atoms with van der Waals surface area (Å²) in [6, 6.07) is 9.59. The molecule has 0 aliphatic heterocycles. The van der Waals surface area contributed by atoms with Gasteiger partial charge >= 0.3 is 0 Å². The van der Waals surface area contributed by atoms with Crippen LogP contribution in [0.5, 0.6) is 0 Å². The third kappa shape index (κ3) is 3.64. The number of benzene rings is 1. The van der Waals surface area contributed by atoms with Gasteiger partial charge in [-0.1, -0.05) is 32.0 Å². The second kappa shape index (κ2) is 7.20. The maximum atomic E-state index is 12.7. The summed E-state index contributed by atoms with van der Waals surface area (Å²) in [6.45, 7) is 4.14. The number of hydrogen-bond donors (Lipinski definition) is 3. The Hall–Kier alpha value is -2.45. The molecule has 1 aromatic carbocycles. The lowest BCUT2D eigenvalue weighted by Crippen LogP contribution is -2.36. The molecule has 0 spiro atoms. The van der Waals surface area contributed by atoms with Crippen molar-refractivity contribution in [2.75, 3.05) is 10.7 Å². The van der Waals surface area contributed by atoms with E-state index in [1.54, 1.807) is 7.05 Å². The Morgan fingerprint density at radius 3 is 2.68 bits per heavy atom. The second-order valence-electron chi connectivity index (χ2n) is 5.90. The Morgan fingerprint density at radius 1 is 1.28 bits per heavy atom. The average molecular weight is 374 g/mol. The standard InChI is InChI=1S/C17H19N5OS2/c1-10(2)12-9-25-14-13(12)15(23)22(3)16(19-14)20-21-17(24)18-11-7-5-4-6-8-11/h4-10H,1-3H3,(H,19,20)(H2,18,21,24). The normalized spacial score (nSPS) is 10.9. The van der Waals surface area contributed by atoms with Crippen LogP contribution in [-0.2, 0) is 7.05 Å². The first kappa shape index (κ1) is 17.4. The number of para-hydroxylation sites is 1. The van der Waals surface area contributed by atoms with Crippen LogP contribution in [0.3, 0.4) is 0 Å². The Morgan fingerprint density at radius 2 is 2.00 bits per heavy atom. The van der Waals surface area contributed by atoms with Crippen molar-refractivity contribution in [3.05, 3.63) is 51.6 Å². The molecule has 3 rings (SSSR count). The van der Waals surface area contributed by atoms with Crippen molar-refractivity contribution in [1.29, 1.82) is 0 Å². The van der Waals surface area contributed by atoms with Gasteiger partial charge in [0.25, 0.3) is 5.56 Å². The van der Waals surface area contributed by atoms with E-state index < -0.39 is 0 Å². The van der Waals surface area contributed by atoms with Crippen molar-refractivity contribution in [2.24, 2.45) is 7.05 Å². The van der Waals surface area contributed by atoms with Gasteiger partial charge in [0.1, 0.15) is 4.83 Å². The molecule has 2 aromatic heterocycles. The highest BCUT2D eigenvalue weighted by Gasteiger charge is 2.16. The van der Waals surface area contributed by atoms with Gasteiger partial charge in [0.15, 0.2) is 5.11 Å². The highest BCUT2D eigenvalue weighted by atomic mass is 32.1. The summed E-state index contributed by atoms with van der Waals surface area (Å²) in [5.41, 5.74) is 7.61. The third-order valence-electron chi connectivity index (χ3n) is 3.79. The van der Waals surface area contributed by atoms with Gasteiger partial charge in [0.2, 0.25) is 5.95 Å². The van der Waals surface area contributed by atoms with Crippen LogP contribution in [0.1, 0.15) is 25.3 Å². The van der Waals surface area contributed by atoms with Gasteiger partial charge in [-0.05, 0) is 41.2 Å². The Bertz CT molecular complexity index is 962. The average Bonchev–Trinajstić information content (AvgIpc) is 3.02. The summed E-state index contributed by atoms with van der Waals surface area (Å²) >= 11 is 6.72. The van der Waals surface area contributed by atoms with E-state index in [-0.39, 0.29) is 11.5 Å². The molecule has 25 heavy (non-hydrogen) atoms. The number of thiocarbonyl (C=S) groups is 1. The van der Waals surface area contributed by atoms with Crippen LogP contribution < -0.4 is 21.7 Å². The fourth-order valence-electron chi connectivity index (χ4n) is 2.43. The topological polar surface area (TPSA) is 71.0 Å². The fraction of sp³-hybridized carbons (Fsp3) is 0.235. The van der Waals surface area contributed by atoms with Crippen LogP contribution in [0, 0.1) is 0 Å². The molecule has 0 bridgehead atoms. The molecule has 130 valence electrons. The number of rotatable bonds is 4. The van der Waals surface area contributed by atoms with Gasteiger partial charge in [-0.2, -0.15) is 0 Å². The molecule has 0 amide bonds. The molecule has 0 radical (unpaired) electrons. The molecular formula is C17H19N5OS2. The monoisotopic (exact) mass is 373 g/mol. The SMILES string of the molecule is CC(C)c1csc2nc(NNC(=S)Nc3ccccc3)n(C)c(=O)c12. The first-order chi connectivity index (χ1) is 12.0. The van der Waals surface area contributed by atoms with Crippen LogP contribution in [0.4, 0.5) is 11.6 Å². The molecule has 0 saturated carbocycles. The van der Waals surface area contributed by atoms with Crippen LogP contribution >= 0.6 is 23.6 Å². The highest BCUT2D eigenvalue weighted by Crippen LogP contribution is 2.28. The lowest BCUT2D eigenvalue weighted by Gasteiger charge is -2.14. The van der Waals surface area contributed by atoms with Crippen molar-refractivity contribution in [1.82, 2.24) is 15.0 Å². The van der Waals surface area contributed by atoms with E-state index in [1.165, 1.54) is 15.9 Å². The lowest BCUT2D eigenvalue weighted by atomic mass is 10.0. The van der Waals surface area contributed by atoms with E-state index in [9.17, 15) is 4.79 Å². The van der Waals surface area contributed by atoms with Crippen molar-refractivity contribution >= 4 is 50.5 Å². The van der Waals surface area contributed by atoms with Crippen molar-refractivity contribution in [3.63, 3.8) is 0 Å². The largest absolute Gasteiger partial charge is 0.331 e. The zero-order valence-electron chi connectivity index (χ0n) is 14.2. The minimum absolute atomic E-state index is 0.0683. The summed E-state index contributed by atoms with van der Waals surface area (Å²) < 4.78 is 1.49. The quantitative estimate of drug-likeness (QED) is 0.481. The van der Waals surface area contributed by atoms with E-state index in [2.05, 4.69) is 35.0 Å². The Kier molecular flexibility index (Phi) is 5.00. The van der Waals surface area contributed by atoms with E-state index in [1.807, 2.05) is 35.7 Å². The number of aromatic nitrogens is 2. The van der Waals surface area contributed by atoms with Crippen LogP contribution in [-0.4, -0.2) is 14.7 Å². The number of nitrogens with zero attached hydrogens (tertiary/aromatic N) is 2. The number of anilines is 2. The summed E-state index contributed by atoms with van der Waals surface area (Å²) in [6.07, 6.45) is 0. The maximum absolute atomic E-state index is 12.7. The zero-order chi connectivity index (χ0) is 18.0. The van der Waals surface area contributed by atoms with E-state index >= 15 is 0 Å². The molecule has 0 saturated heterocycles. The first-order valence-electron chi connectivity index (χ1n) is 7.83. The molecular weight excluding hydrogens is 354 g/mol. The van der Waals surface area contributed by atoms with Crippen molar-refractivity contribution in [3.8, 4) is 0 Å². The number of hydrazine groups is 1. The summed E-state index contributed by atoms with van der Waals surface area (Å²) in [4.78, 5) is 17.9. The number of thiophene rings is 1. The molecule has 0 atom stereocenters. The Balaban J connectivity index is 1.79. The molecule has 6 nitrogen and oxygen atoms in total. The smallest absolute Gasteiger partial charge is 0.263 e. The predicted molar refractivity (Wildman–Crippen MR) is 108 cm³/mol. The van der Waals surface area contributed by atoms with E-state index in [0.29, 0.717) is 16.4 Å². The first-order valence-corrected chi connectivity index (χ1v) is 9.12. The van der Waals surface area contributed by atoms with E-state index in [0.717, 1.165) is 16.1 Å². The molecule has 0 fully saturated rings. The Labute approximate surface area is 154 Å². The number of nitrogens with one attached hydrogen (secondary N) is 3. The van der Waals surface area contributed by atoms with Gasteiger partial charge in [-0.15, -0.1) is 11.3 Å². The molecule has 2 heterocycles. The van der Waals surface area contributed by atoms with Crippen LogP contribution in [0.2, 0.25) is 0 Å². The van der Waals surface area contributed by atoms with Crippen LogP contribution in [0.15, 0.2) is 40.5 Å². The number of fused-ring (bicyclic) bond motifs is 1.